The first-order chi connectivity index (χ1) is 14.4. The molecule has 0 radical (unpaired) electrons. The zero-order chi connectivity index (χ0) is 25.5. The minimum absolute atomic E-state index is 2.43. The molecule has 0 bridgehead atoms. The Kier molecular flexibility index (Phi) is 11.6. The van der Waals surface area contributed by atoms with E-state index in [-0.39, 0.29) is 0 Å². The second kappa shape index (κ2) is 12.4. The van der Waals surface area contributed by atoms with Gasteiger partial charge in [0.25, 0.3) is 0 Å². The van der Waals surface area contributed by atoms with E-state index in [1.807, 2.05) is 0 Å². The third kappa shape index (κ3) is 8.56. The smallest absolute Gasteiger partial charge is 0.378 e. The molecule has 0 fully saturated rings. The van der Waals surface area contributed by atoms with Crippen LogP contribution in [-0.2, 0) is 59.9 Å². The zero-order valence-electron chi connectivity index (χ0n) is 14.7. The Hall–Kier alpha value is -1.90. The fourth-order valence-electron chi connectivity index (χ4n) is 1.26. The van der Waals surface area contributed by atoms with E-state index in [1.165, 1.54) is 0 Å². The number of hydrogen-bond acceptors (Lipinski definition) is 19. The molecule has 182 valence electrons. The Morgan fingerprint density at radius 1 is 0.531 bits per heavy atom. The van der Waals surface area contributed by atoms with Crippen LogP contribution in [0.15, 0.2) is 0 Å². The Balaban J connectivity index is 5.95. The number of aliphatic hydroxyl groups excluding tert-OH is 6. The number of hydrogen-bond donors (Lipinski definition) is 6. The molecule has 0 aliphatic rings. The van der Waals surface area contributed by atoms with Crippen molar-refractivity contribution >= 4 is 48.8 Å². The van der Waals surface area contributed by atoms with E-state index in [9.17, 15) is 61.7 Å². The standard InChI is InChI=1S/C9H12O19P4/c10-1(7(16)29(19)20)4(13)26-32(25,27-5(14)2(11)8(17)30(21)22)28-6(15)3(12)9(18)31(23)24/h1-3,7-12,16-18H. The second-order valence-corrected chi connectivity index (χ2v) is 9.85. The molecule has 6 unspecified atom stereocenters. The van der Waals surface area contributed by atoms with Crippen molar-refractivity contribution < 1.29 is 90.5 Å². The average Bonchev–Trinajstić information content (AvgIpc) is 2.69. The lowest BCUT2D eigenvalue weighted by molar-refractivity contribution is -0.158. The van der Waals surface area contributed by atoms with E-state index >= 15 is 0 Å². The maximum atomic E-state index is 12.4. The minimum atomic E-state index is -6.21. The summed E-state index contributed by atoms with van der Waals surface area (Å²) in [6.07, 6.45) is -9.25. The predicted molar refractivity (Wildman–Crippen MR) is 86.8 cm³/mol. The summed E-state index contributed by atoms with van der Waals surface area (Å²) in [6.45, 7) is 0. The van der Waals surface area contributed by atoms with Crippen molar-refractivity contribution in [1.29, 1.82) is 0 Å². The molecule has 23 heteroatoms. The summed E-state index contributed by atoms with van der Waals surface area (Å²) < 4.78 is 87.0. The van der Waals surface area contributed by atoms with Crippen LogP contribution in [0.2, 0.25) is 0 Å². The van der Waals surface area contributed by atoms with Crippen LogP contribution in [0.5, 0.6) is 0 Å². The number of phosphoric ester groups is 1. The van der Waals surface area contributed by atoms with Gasteiger partial charge in [0, 0.05) is 0 Å². The summed E-state index contributed by atoms with van der Waals surface area (Å²) in [5.41, 5.74) is 0. The van der Waals surface area contributed by atoms with Crippen LogP contribution >= 0.6 is 30.9 Å². The van der Waals surface area contributed by atoms with E-state index < -0.39 is 84.6 Å². The van der Waals surface area contributed by atoms with Crippen LogP contribution in [-0.4, -0.2) is 84.4 Å². The third-order valence-electron chi connectivity index (χ3n) is 2.83. The largest absolute Gasteiger partial charge is 0.654 e. The first-order valence-electron chi connectivity index (χ1n) is 7.24. The highest BCUT2D eigenvalue weighted by Gasteiger charge is 2.47. The molecular weight excluding hydrogens is 536 g/mol. The maximum absolute atomic E-state index is 12.4. The number of phosphoric acid groups is 1. The molecule has 0 saturated carbocycles. The molecular formula is C9H12O19P4. The van der Waals surface area contributed by atoms with Gasteiger partial charge in [-0.2, -0.15) is 4.57 Å². The molecule has 0 aliphatic carbocycles. The number of rotatable bonds is 12. The van der Waals surface area contributed by atoms with Gasteiger partial charge in [0.15, 0.2) is 18.3 Å². The van der Waals surface area contributed by atoms with Crippen molar-refractivity contribution in [2.75, 3.05) is 0 Å². The van der Waals surface area contributed by atoms with E-state index in [0.717, 1.165) is 0 Å². The van der Waals surface area contributed by atoms with Crippen molar-refractivity contribution in [2.45, 2.75) is 35.8 Å². The molecule has 32 heavy (non-hydrogen) atoms. The van der Waals surface area contributed by atoms with E-state index in [2.05, 4.69) is 13.6 Å². The molecule has 0 heterocycles. The normalized spacial score (nSPS) is 18.4. The van der Waals surface area contributed by atoms with Crippen molar-refractivity contribution in [2.24, 2.45) is 0 Å². The lowest BCUT2D eigenvalue weighted by atomic mass is 10.4. The Labute approximate surface area is 176 Å². The van der Waals surface area contributed by atoms with Crippen LogP contribution in [0.3, 0.4) is 0 Å². The molecule has 0 aromatic rings. The number of aliphatic hydroxyl groups is 6. The predicted octanol–water partition coefficient (Wildman–Crippen LogP) is -2.72. The van der Waals surface area contributed by atoms with E-state index in [1.54, 1.807) is 0 Å². The van der Waals surface area contributed by atoms with Gasteiger partial charge in [-0.1, -0.05) is 0 Å². The van der Waals surface area contributed by atoms with Crippen molar-refractivity contribution in [3.8, 4) is 0 Å². The minimum Gasteiger partial charge on any atom is -0.378 e. The highest BCUT2D eigenvalue weighted by Crippen LogP contribution is 2.51. The van der Waals surface area contributed by atoms with Crippen molar-refractivity contribution in [3.63, 3.8) is 0 Å². The summed E-state index contributed by atoms with van der Waals surface area (Å²) >= 11 is 0. The van der Waals surface area contributed by atoms with Gasteiger partial charge in [-0.25, -0.2) is 41.8 Å². The van der Waals surface area contributed by atoms with E-state index in [4.69, 9.17) is 15.3 Å². The molecule has 0 saturated heterocycles. The zero-order valence-corrected chi connectivity index (χ0v) is 18.3. The lowest BCUT2D eigenvalue weighted by Gasteiger charge is -2.21. The molecule has 0 aliphatic heterocycles. The summed E-state index contributed by atoms with van der Waals surface area (Å²) in [4.78, 5) is 34.9. The summed E-state index contributed by atoms with van der Waals surface area (Å²) in [7, 11) is -18.0. The first-order valence-corrected chi connectivity index (χ1v) is 12.4. The van der Waals surface area contributed by atoms with Crippen LogP contribution in [0, 0.1) is 0 Å². The van der Waals surface area contributed by atoms with Crippen LogP contribution in [0.4, 0.5) is 0 Å². The average molecular weight is 548 g/mol. The molecule has 0 amide bonds. The summed E-state index contributed by atoms with van der Waals surface area (Å²) in [6, 6.07) is 0. The fraction of sp³-hybridized carbons (Fsp3) is 0.667. The first kappa shape index (κ1) is 30.1. The van der Waals surface area contributed by atoms with Crippen molar-refractivity contribution in [3.05, 3.63) is 0 Å². The highest BCUT2D eigenvalue weighted by atomic mass is 31.2. The van der Waals surface area contributed by atoms with Crippen LogP contribution < -0.4 is 0 Å². The van der Waals surface area contributed by atoms with Crippen LogP contribution in [0.25, 0.3) is 0 Å². The second-order valence-electron chi connectivity index (χ2n) is 5.11. The Morgan fingerprint density at radius 3 is 0.875 bits per heavy atom. The monoisotopic (exact) mass is 548 g/mol. The summed E-state index contributed by atoms with van der Waals surface area (Å²) in [5, 5.41) is 54.9. The van der Waals surface area contributed by atoms with Crippen LogP contribution in [0.1, 0.15) is 0 Å². The molecule has 19 nitrogen and oxygen atoms in total. The maximum Gasteiger partial charge on any atom is 0.654 e. The van der Waals surface area contributed by atoms with Gasteiger partial charge in [-0.3, -0.25) is 0 Å². The molecule has 6 N–H and O–H groups in total. The molecule has 0 spiro atoms. The van der Waals surface area contributed by atoms with Gasteiger partial charge in [-0.05, 0) is 0 Å². The quantitative estimate of drug-likeness (QED) is 0.135. The van der Waals surface area contributed by atoms with Gasteiger partial charge < -0.3 is 44.2 Å². The summed E-state index contributed by atoms with van der Waals surface area (Å²) in [5.74, 6) is -16.0. The van der Waals surface area contributed by atoms with Gasteiger partial charge >= 0.3 is 48.8 Å². The van der Waals surface area contributed by atoms with Gasteiger partial charge in [0.2, 0.25) is 17.5 Å². The highest BCUT2D eigenvalue weighted by molar-refractivity contribution is 7.50. The molecule has 0 aromatic heterocycles. The fourth-order valence-corrected chi connectivity index (χ4v) is 3.41. The Morgan fingerprint density at radius 2 is 0.719 bits per heavy atom. The van der Waals surface area contributed by atoms with E-state index in [0.29, 0.717) is 0 Å². The van der Waals surface area contributed by atoms with Gasteiger partial charge in [-0.15, -0.1) is 0 Å². The van der Waals surface area contributed by atoms with Crippen molar-refractivity contribution in [1.82, 2.24) is 0 Å². The van der Waals surface area contributed by atoms with Gasteiger partial charge in [0.05, 0.1) is 0 Å². The molecule has 0 rings (SSSR count). The molecule has 6 atom stereocenters. The number of carbonyl (C=O) groups is 3. The number of carbonyl (C=O) groups excluding carboxylic acids is 3. The topological polar surface area (TPSA) is 320 Å². The Bertz CT molecular complexity index is 843. The molecule has 0 aromatic carbocycles. The lowest BCUT2D eigenvalue weighted by Crippen LogP contribution is -2.36. The third-order valence-corrected chi connectivity index (χ3v) is 6.18. The van der Waals surface area contributed by atoms with Gasteiger partial charge in [0.1, 0.15) is 0 Å². The SMILES string of the molecule is O=C(OP(=O)(OC(=O)C(O)C(O)P(=O)=O)OC(=O)C(O)C(O)P(=O)=O)C(O)C(O)P(=O)=O.